The number of nitrogens with one attached hydrogen (secondary N) is 1. The van der Waals surface area contributed by atoms with E-state index in [4.69, 9.17) is 0 Å². The van der Waals surface area contributed by atoms with Crippen molar-refractivity contribution in [3.63, 3.8) is 0 Å². The average Bonchev–Trinajstić information content (AvgIpc) is 2.80. The zero-order chi connectivity index (χ0) is 23.3. The van der Waals surface area contributed by atoms with Crippen LogP contribution in [-0.4, -0.2) is 71.8 Å². The average molecular weight is 447 g/mol. The van der Waals surface area contributed by atoms with Crippen molar-refractivity contribution >= 4 is 17.8 Å². The molecule has 1 N–H and O–H groups in total. The molecule has 2 aliphatic heterocycles. The molecule has 2 atom stereocenters. The number of hydrogen-bond acceptors (Lipinski definition) is 3. The number of carbonyl (C=O) groups is 3. The Hall–Kier alpha value is -2.64. The molecule has 0 aromatic heterocycles. The highest BCUT2D eigenvalue weighted by molar-refractivity contribution is 5.82. The fraction of sp³-hybridized carbons (Fsp3) is 0.625. The van der Waals surface area contributed by atoms with E-state index < -0.39 is 0 Å². The van der Waals surface area contributed by atoms with E-state index in [1.165, 1.54) is 6.07 Å². The van der Waals surface area contributed by atoms with Crippen LogP contribution in [0, 0.1) is 18.7 Å². The minimum Gasteiger partial charge on any atom is -0.339 e. The summed E-state index contributed by atoms with van der Waals surface area (Å²) >= 11 is 0. The molecule has 1 aromatic rings. The number of urea groups is 1. The third-order valence-electron chi connectivity index (χ3n) is 6.60. The maximum Gasteiger partial charge on any atom is 0.317 e. The Morgan fingerprint density at radius 3 is 2.41 bits per heavy atom. The largest absolute Gasteiger partial charge is 0.339 e. The van der Waals surface area contributed by atoms with Gasteiger partial charge in [0.05, 0.1) is 12.0 Å². The molecule has 8 heteroatoms. The van der Waals surface area contributed by atoms with Crippen LogP contribution in [0.25, 0.3) is 0 Å². The molecule has 7 nitrogen and oxygen atoms in total. The molecule has 176 valence electrons. The van der Waals surface area contributed by atoms with Gasteiger partial charge in [0, 0.05) is 46.2 Å². The van der Waals surface area contributed by atoms with E-state index in [1.54, 1.807) is 35.8 Å². The number of benzene rings is 1. The Bertz CT molecular complexity index is 839. The van der Waals surface area contributed by atoms with Crippen LogP contribution in [0.15, 0.2) is 18.2 Å². The lowest BCUT2D eigenvalue weighted by atomic mass is 9.87. The van der Waals surface area contributed by atoms with Gasteiger partial charge in [-0.05, 0) is 43.4 Å². The lowest BCUT2D eigenvalue weighted by molar-refractivity contribution is -0.142. The van der Waals surface area contributed by atoms with Crippen molar-refractivity contribution in [2.45, 2.75) is 52.5 Å². The summed E-state index contributed by atoms with van der Waals surface area (Å²) in [5, 5.41) is 2.98. The van der Waals surface area contributed by atoms with Crippen molar-refractivity contribution in [1.82, 2.24) is 20.0 Å². The van der Waals surface area contributed by atoms with E-state index in [2.05, 4.69) is 12.2 Å². The van der Waals surface area contributed by atoms with Crippen molar-refractivity contribution in [3.05, 3.63) is 35.1 Å². The molecule has 2 aliphatic rings. The van der Waals surface area contributed by atoms with Crippen molar-refractivity contribution in [2.24, 2.45) is 5.92 Å². The number of unbranched alkanes of at least 4 members (excludes halogenated alkanes) is 1. The first-order valence-electron chi connectivity index (χ1n) is 11.7. The molecule has 2 fully saturated rings. The van der Waals surface area contributed by atoms with Gasteiger partial charge in [0.2, 0.25) is 11.8 Å². The second-order valence-corrected chi connectivity index (χ2v) is 8.87. The van der Waals surface area contributed by atoms with Crippen LogP contribution in [-0.2, 0) is 9.59 Å². The fourth-order valence-electron chi connectivity index (χ4n) is 4.59. The summed E-state index contributed by atoms with van der Waals surface area (Å²) < 4.78 is 13.8. The van der Waals surface area contributed by atoms with Crippen LogP contribution in [0.5, 0.6) is 0 Å². The first kappa shape index (κ1) is 24.0. The van der Waals surface area contributed by atoms with Gasteiger partial charge in [-0.1, -0.05) is 25.5 Å². The van der Waals surface area contributed by atoms with Crippen molar-refractivity contribution in [3.8, 4) is 0 Å². The number of carbonyl (C=O) groups excluding carboxylic acids is 3. The van der Waals surface area contributed by atoms with E-state index in [0.717, 1.165) is 18.4 Å². The maximum absolute atomic E-state index is 13.8. The van der Waals surface area contributed by atoms with Crippen LogP contribution in [0.3, 0.4) is 0 Å². The molecule has 2 saturated heterocycles. The Kier molecular flexibility index (Phi) is 8.10. The Morgan fingerprint density at radius 2 is 1.78 bits per heavy atom. The summed E-state index contributed by atoms with van der Waals surface area (Å²) in [5.74, 6) is -0.453. The second-order valence-electron chi connectivity index (χ2n) is 8.87. The topological polar surface area (TPSA) is 73.0 Å². The van der Waals surface area contributed by atoms with E-state index >= 15 is 0 Å². The molecule has 0 aliphatic carbocycles. The highest BCUT2D eigenvalue weighted by Crippen LogP contribution is 2.35. The number of likely N-dealkylation sites (tertiary alicyclic amines) is 1. The zero-order valence-electron chi connectivity index (χ0n) is 19.4. The molecule has 3 rings (SSSR count). The van der Waals surface area contributed by atoms with Gasteiger partial charge in [-0.2, -0.15) is 0 Å². The van der Waals surface area contributed by atoms with Gasteiger partial charge < -0.3 is 20.0 Å². The van der Waals surface area contributed by atoms with Crippen LogP contribution in [0.1, 0.15) is 56.7 Å². The summed E-state index contributed by atoms with van der Waals surface area (Å²) in [4.78, 5) is 43.1. The third kappa shape index (κ3) is 5.58. The quantitative estimate of drug-likeness (QED) is 0.707. The summed E-state index contributed by atoms with van der Waals surface area (Å²) in [7, 11) is 0. The Balaban J connectivity index is 1.72. The molecule has 32 heavy (non-hydrogen) atoms. The number of amides is 4. The first-order chi connectivity index (χ1) is 15.3. The smallest absolute Gasteiger partial charge is 0.317 e. The number of piperazine rings is 1. The van der Waals surface area contributed by atoms with Gasteiger partial charge in [-0.3, -0.25) is 9.59 Å². The molecule has 0 spiro atoms. The first-order valence-corrected chi connectivity index (χ1v) is 11.7. The van der Waals surface area contributed by atoms with Crippen LogP contribution in [0.4, 0.5) is 9.18 Å². The van der Waals surface area contributed by atoms with Gasteiger partial charge in [-0.15, -0.1) is 0 Å². The molecule has 0 radical (unpaired) electrons. The molecule has 4 amide bonds. The van der Waals surface area contributed by atoms with Gasteiger partial charge in [-0.25, -0.2) is 9.18 Å². The lowest BCUT2D eigenvalue weighted by Gasteiger charge is -2.42. The summed E-state index contributed by atoms with van der Waals surface area (Å²) in [5.41, 5.74) is 1.45. The number of piperidine rings is 1. The van der Waals surface area contributed by atoms with E-state index in [-0.39, 0.29) is 35.6 Å². The van der Waals surface area contributed by atoms with E-state index in [1.807, 2.05) is 4.90 Å². The molecule has 0 saturated carbocycles. The van der Waals surface area contributed by atoms with Gasteiger partial charge in [0.1, 0.15) is 5.82 Å². The predicted octanol–water partition coefficient (Wildman–Crippen LogP) is 3.09. The highest BCUT2D eigenvalue weighted by Gasteiger charge is 2.38. The Labute approximate surface area is 189 Å². The minimum absolute atomic E-state index is 0.0297. The highest BCUT2D eigenvalue weighted by atomic mass is 19.1. The van der Waals surface area contributed by atoms with E-state index in [0.29, 0.717) is 57.7 Å². The number of rotatable bonds is 5. The minimum atomic E-state index is -0.270. The van der Waals surface area contributed by atoms with Gasteiger partial charge in [0.15, 0.2) is 0 Å². The molecule has 0 unspecified atom stereocenters. The molecular weight excluding hydrogens is 411 g/mol. The van der Waals surface area contributed by atoms with E-state index in [9.17, 15) is 18.8 Å². The molecular formula is C24H35FN4O3. The molecule has 1 aromatic carbocycles. The van der Waals surface area contributed by atoms with Crippen LogP contribution < -0.4 is 5.32 Å². The van der Waals surface area contributed by atoms with Gasteiger partial charge >= 0.3 is 6.03 Å². The van der Waals surface area contributed by atoms with Crippen molar-refractivity contribution < 1.29 is 18.8 Å². The zero-order valence-corrected chi connectivity index (χ0v) is 19.4. The summed E-state index contributed by atoms with van der Waals surface area (Å²) in [6, 6.07) is 4.63. The number of hydrogen-bond donors (Lipinski definition) is 1. The monoisotopic (exact) mass is 446 g/mol. The normalized spacial score (nSPS) is 21.4. The summed E-state index contributed by atoms with van der Waals surface area (Å²) in [6.07, 6.45) is 3.19. The number of halogens is 1. The van der Waals surface area contributed by atoms with Crippen molar-refractivity contribution in [2.75, 3.05) is 39.3 Å². The Morgan fingerprint density at radius 1 is 1.09 bits per heavy atom. The predicted molar refractivity (Wildman–Crippen MR) is 120 cm³/mol. The molecule has 2 heterocycles. The standard InChI is InChI=1S/C24H35FN4O3/c1-4-5-10-26-24(32)29-16-20(23(31)28-13-11-27(12-14-28)18(3)30)7-9-22(29)19-6-8-21(25)17(2)15-19/h6,8,15,20,22H,4-5,7,9-14,16H2,1-3H3,(H,26,32)/t20-,22+/m0/s1. The lowest BCUT2D eigenvalue weighted by Crippen LogP contribution is -2.55. The van der Waals surface area contributed by atoms with Gasteiger partial charge in [0.25, 0.3) is 0 Å². The van der Waals surface area contributed by atoms with Crippen molar-refractivity contribution in [1.29, 1.82) is 0 Å². The fourth-order valence-corrected chi connectivity index (χ4v) is 4.59. The van der Waals surface area contributed by atoms with Crippen LogP contribution >= 0.6 is 0 Å². The summed E-state index contributed by atoms with van der Waals surface area (Å²) in [6.45, 7) is 8.41. The second kappa shape index (κ2) is 10.8. The molecule has 0 bridgehead atoms. The van der Waals surface area contributed by atoms with Crippen LogP contribution in [0.2, 0.25) is 0 Å². The maximum atomic E-state index is 13.8. The SMILES string of the molecule is CCCCNC(=O)N1C[C@@H](C(=O)N2CCN(C(C)=O)CC2)CC[C@@H]1c1ccc(F)c(C)c1. The third-order valence-corrected chi connectivity index (χ3v) is 6.60. The number of nitrogens with zero attached hydrogens (tertiary/aromatic N) is 3. The number of aryl methyl sites for hydroxylation is 1.